The maximum Gasteiger partial charge on any atom is 0.0863 e. The van der Waals surface area contributed by atoms with Gasteiger partial charge in [-0.15, -0.1) is 0 Å². The predicted octanol–water partition coefficient (Wildman–Crippen LogP) is 3.17. The van der Waals surface area contributed by atoms with E-state index in [0.29, 0.717) is 0 Å². The lowest BCUT2D eigenvalue weighted by atomic mass is 10.3. The normalized spacial score (nSPS) is 11.5. The van der Waals surface area contributed by atoms with Crippen LogP contribution in [0.15, 0.2) is 12.2 Å². The number of aromatic nitrogens is 2. The summed E-state index contributed by atoms with van der Waals surface area (Å²) in [6, 6.07) is 0. The molecular formula is C13H22ClN3. The van der Waals surface area contributed by atoms with Gasteiger partial charge in [0.25, 0.3) is 0 Å². The second-order valence-electron chi connectivity index (χ2n) is 3.91. The minimum Gasteiger partial charge on any atom is -0.311 e. The van der Waals surface area contributed by atoms with Gasteiger partial charge in [0, 0.05) is 13.1 Å². The molecule has 0 radical (unpaired) electrons. The number of halogens is 1. The van der Waals surface area contributed by atoms with Gasteiger partial charge in [0.15, 0.2) is 0 Å². The van der Waals surface area contributed by atoms with Crippen molar-refractivity contribution < 1.29 is 0 Å². The highest BCUT2D eigenvalue weighted by Crippen LogP contribution is 2.21. The zero-order valence-corrected chi connectivity index (χ0v) is 11.7. The van der Waals surface area contributed by atoms with E-state index >= 15 is 0 Å². The molecule has 0 saturated heterocycles. The largest absolute Gasteiger partial charge is 0.311 e. The maximum atomic E-state index is 6.31. The molecular weight excluding hydrogens is 234 g/mol. The van der Waals surface area contributed by atoms with E-state index in [0.717, 1.165) is 48.9 Å². The first-order valence-electron chi connectivity index (χ1n) is 6.30. The van der Waals surface area contributed by atoms with Gasteiger partial charge in [0.05, 0.1) is 16.4 Å². The van der Waals surface area contributed by atoms with Crippen LogP contribution in [0.25, 0.3) is 0 Å². The van der Waals surface area contributed by atoms with E-state index < -0.39 is 0 Å². The molecule has 0 amide bonds. The van der Waals surface area contributed by atoms with Gasteiger partial charge in [-0.2, -0.15) is 5.10 Å². The van der Waals surface area contributed by atoms with Crippen molar-refractivity contribution in [1.82, 2.24) is 15.1 Å². The van der Waals surface area contributed by atoms with Crippen LogP contribution in [0.5, 0.6) is 0 Å². The molecule has 0 bridgehead atoms. The smallest absolute Gasteiger partial charge is 0.0863 e. The van der Waals surface area contributed by atoms with Gasteiger partial charge >= 0.3 is 0 Å². The molecule has 17 heavy (non-hydrogen) atoms. The van der Waals surface area contributed by atoms with Gasteiger partial charge in [0.2, 0.25) is 0 Å². The Balaban J connectivity index is 2.59. The number of allylic oxidation sites excluding steroid dienone is 1. The molecule has 96 valence electrons. The minimum absolute atomic E-state index is 0.789. The first-order valence-corrected chi connectivity index (χ1v) is 6.68. The van der Waals surface area contributed by atoms with Crippen LogP contribution >= 0.6 is 11.6 Å². The van der Waals surface area contributed by atoms with Crippen molar-refractivity contribution in [2.45, 2.75) is 46.7 Å². The number of nitrogens with zero attached hydrogens (tertiary/aromatic N) is 2. The van der Waals surface area contributed by atoms with Crippen LogP contribution in [0, 0.1) is 0 Å². The fraction of sp³-hybridized carbons (Fsp3) is 0.615. The quantitative estimate of drug-likeness (QED) is 0.599. The summed E-state index contributed by atoms with van der Waals surface area (Å²) < 4.78 is 1.99. The van der Waals surface area contributed by atoms with Gasteiger partial charge in [-0.05, 0) is 33.2 Å². The Bertz CT molecular complexity index is 369. The lowest BCUT2D eigenvalue weighted by molar-refractivity contribution is 0.580. The van der Waals surface area contributed by atoms with Crippen molar-refractivity contribution in [3.8, 4) is 0 Å². The van der Waals surface area contributed by atoms with Crippen LogP contribution in [0.2, 0.25) is 5.02 Å². The average Bonchev–Trinajstić information content (AvgIpc) is 2.65. The van der Waals surface area contributed by atoms with Crippen LogP contribution in [0.1, 0.15) is 38.6 Å². The molecule has 1 heterocycles. The first-order chi connectivity index (χ1) is 8.24. The van der Waals surface area contributed by atoms with E-state index in [1.54, 1.807) is 0 Å². The fourth-order valence-electron chi connectivity index (χ4n) is 1.75. The molecule has 0 unspecified atom stereocenters. The SMILES string of the molecule is C/C=C/CCNCc1c(Cl)c(CC)nn1CC. The Hall–Kier alpha value is -0.800. The summed E-state index contributed by atoms with van der Waals surface area (Å²) >= 11 is 6.31. The van der Waals surface area contributed by atoms with Gasteiger partial charge in [-0.25, -0.2) is 0 Å². The zero-order chi connectivity index (χ0) is 12.7. The predicted molar refractivity (Wildman–Crippen MR) is 73.4 cm³/mol. The lowest BCUT2D eigenvalue weighted by Crippen LogP contribution is -2.17. The van der Waals surface area contributed by atoms with E-state index in [-0.39, 0.29) is 0 Å². The highest BCUT2D eigenvalue weighted by molar-refractivity contribution is 6.31. The van der Waals surface area contributed by atoms with Gasteiger partial charge < -0.3 is 5.32 Å². The molecule has 0 spiro atoms. The summed E-state index contributed by atoms with van der Waals surface area (Å²) in [5, 5.41) is 8.71. The molecule has 0 aromatic carbocycles. The number of rotatable bonds is 7. The molecule has 1 aromatic heterocycles. The second kappa shape index (κ2) is 7.51. The van der Waals surface area contributed by atoms with E-state index in [1.807, 2.05) is 11.6 Å². The van der Waals surface area contributed by atoms with Crippen LogP contribution in [-0.4, -0.2) is 16.3 Å². The molecule has 3 nitrogen and oxygen atoms in total. The van der Waals surface area contributed by atoms with E-state index in [1.165, 1.54) is 0 Å². The van der Waals surface area contributed by atoms with Crippen molar-refractivity contribution in [3.05, 3.63) is 28.6 Å². The molecule has 0 aliphatic carbocycles. The molecule has 1 N–H and O–H groups in total. The third kappa shape index (κ3) is 3.86. The first kappa shape index (κ1) is 14.3. The third-order valence-corrected chi connectivity index (χ3v) is 3.15. The Labute approximate surface area is 109 Å². The molecule has 1 rings (SSSR count). The van der Waals surface area contributed by atoms with Gasteiger partial charge in [0.1, 0.15) is 0 Å². The highest BCUT2D eigenvalue weighted by Gasteiger charge is 2.13. The molecule has 0 aliphatic rings. The molecule has 0 aliphatic heterocycles. The van der Waals surface area contributed by atoms with E-state index in [2.05, 4.69) is 36.4 Å². The molecule has 1 aromatic rings. The highest BCUT2D eigenvalue weighted by atomic mass is 35.5. The van der Waals surface area contributed by atoms with E-state index in [4.69, 9.17) is 11.6 Å². The Morgan fingerprint density at radius 1 is 1.41 bits per heavy atom. The van der Waals surface area contributed by atoms with Crippen molar-refractivity contribution >= 4 is 11.6 Å². The van der Waals surface area contributed by atoms with Crippen LogP contribution in [0.4, 0.5) is 0 Å². The third-order valence-electron chi connectivity index (χ3n) is 2.71. The average molecular weight is 256 g/mol. The topological polar surface area (TPSA) is 29.9 Å². The number of aryl methyl sites for hydroxylation is 2. The monoisotopic (exact) mass is 255 g/mol. The van der Waals surface area contributed by atoms with Crippen molar-refractivity contribution in [2.24, 2.45) is 0 Å². The van der Waals surface area contributed by atoms with E-state index in [9.17, 15) is 0 Å². The number of nitrogens with one attached hydrogen (secondary N) is 1. The fourth-order valence-corrected chi connectivity index (χ4v) is 2.08. The lowest BCUT2D eigenvalue weighted by Gasteiger charge is -2.06. The Morgan fingerprint density at radius 3 is 2.76 bits per heavy atom. The van der Waals surface area contributed by atoms with Crippen LogP contribution in [0.3, 0.4) is 0 Å². The summed E-state index contributed by atoms with van der Waals surface area (Å²) in [6.07, 6.45) is 6.16. The number of hydrogen-bond acceptors (Lipinski definition) is 2. The summed E-state index contributed by atoms with van der Waals surface area (Å²) in [6.45, 7) is 8.83. The van der Waals surface area contributed by atoms with Crippen LogP contribution < -0.4 is 5.32 Å². The second-order valence-corrected chi connectivity index (χ2v) is 4.29. The van der Waals surface area contributed by atoms with Crippen molar-refractivity contribution in [3.63, 3.8) is 0 Å². The molecule has 0 atom stereocenters. The van der Waals surface area contributed by atoms with Crippen LogP contribution in [-0.2, 0) is 19.5 Å². The summed E-state index contributed by atoms with van der Waals surface area (Å²) in [4.78, 5) is 0. The van der Waals surface area contributed by atoms with Crippen molar-refractivity contribution in [2.75, 3.05) is 6.54 Å². The van der Waals surface area contributed by atoms with Gasteiger partial charge in [-0.3, -0.25) is 4.68 Å². The molecule has 0 fully saturated rings. The Morgan fingerprint density at radius 2 is 2.18 bits per heavy atom. The zero-order valence-electron chi connectivity index (χ0n) is 11.0. The van der Waals surface area contributed by atoms with Crippen molar-refractivity contribution in [1.29, 1.82) is 0 Å². The number of hydrogen-bond donors (Lipinski definition) is 1. The van der Waals surface area contributed by atoms with Gasteiger partial charge in [-0.1, -0.05) is 30.7 Å². The minimum atomic E-state index is 0.789. The Kier molecular flexibility index (Phi) is 6.30. The summed E-state index contributed by atoms with van der Waals surface area (Å²) in [5.41, 5.74) is 2.10. The maximum absolute atomic E-state index is 6.31. The molecule has 4 heteroatoms. The summed E-state index contributed by atoms with van der Waals surface area (Å²) in [7, 11) is 0. The standard InChI is InChI=1S/C13H22ClN3/c1-4-7-8-9-15-10-12-13(14)11(5-2)16-17(12)6-3/h4,7,15H,5-6,8-10H2,1-3H3/b7-4+. The molecule has 0 saturated carbocycles. The summed E-state index contributed by atoms with van der Waals surface area (Å²) in [5.74, 6) is 0.